The number of pyridine rings is 1. The van der Waals surface area contributed by atoms with E-state index in [2.05, 4.69) is 4.98 Å². The molecule has 4 nitrogen and oxygen atoms in total. The zero-order valence-corrected chi connectivity index (χ0v) is 13.3. The van der Waals surface area contributed by atoms with Crippen LogP contribution < -0.4 is 4.74 Å². The van der Waals surface area contributed by atoms with E-state index in [1.807, 2.05) is 59.5 Å². The minimum absolute atomic E-state index is 0.0336. The van der Waals surface area contributed by atoms with E-state index in [0.717, 1.165) is 35.1 Å². The smallest absolute Gasteiger partial charge is 0.254 e. The van der Waals surface area contributed by atoms with E-state index >= 15 is 0 Å². The second-order valence-electron chi connectivity index (χ2n) is 5.99. The second kappa shape index (κ2) is 6.32. The minimum Gasteiger partial charge on any atom is -0.488 e. The van der Waals surface area contributed by atoms with Crippen LogP contribution in [-0.4, -0.2) is 35.0 Å². The van der Waals surface area contributed by atoms with Gasteiger partial charge in [0.05, 0.1) is 6.54 Å². The lowest BCUT2D eigenvalue weighted by atomic mass is 10.0. The molecule has 1 aliphatic rings. The molecule has 120 valence electrons. The number of carbonyl (C=O) groups excluding carboxylic acids is 1. The summed E-state index contributed by atoms with van der Waals surface area (Å²) >= 11 is 0. The highest BCUT2D eigenvalue weighted by Crippen LogP contribution is 2.23. The van der Waals surface area contributed by atoms with Crippen LogP contribution in [0, 0.1) is 0 Å². The standard InChI is InChI=1S/C20H18N2O2/c23-20(19-7-3-5-15-4-1-2-6-18(15)19)22-13-10-17(14-22)24-16-8-11-21-12-9-16/h1-9,11-12,17H,10,13-14H2. The number of benzene rings is 2. The predicted molar refractivity (Wildman–Crippen MR) is 93.1 cm³/mol. The molecular weight excluding hydrogens is 300 g/mol. The molecule has 1 unspecified atom stereocenters. The molecule has 2 heterocycles. The molecule has 0 N–H and O–H groups in total. The Morgan fingerprint density at radius 2 is 1.83 bits per heavy atom. The maximum Gasteiger partial charge on any atom is 0.254 e. The number of nitrogens with zero attached hydrogens (tertiary/aromatic N) is 2. The van der Waals surface area contributed by atoms with Crippen LogP contribution in [0.2, 0.25) is 0 Å². The summed E-state index contributed by atoms with van der Waals surface area (Å²) in [5.41, 5.74) is 0.762. The largest absolute Gasteiger partial charge is 0.488 e. The van der Waals surface area contributed by atoms with Crippen LogP contribution in [0.1, 0.15) is 16.8 Å². The highest BCUT2D eigenvalue weighted by atomic mass is 16.5. The van der Waals surface area contributed by atoms with E-state index in [1.54, 1.807) is 12.4 Å². The average molecular weight is 318 g/mol. The third-order valence-corrected chi connectivity index (χ3v) is 4.40. The normalized spacial score (nSPS) is 17.2. The molecule has 0 bridgehead atoms. The Hall–Kier alpha value is -2.88. The fourth-order valence-electron chi connectivity index (χ4n) is 3.20. The molecule has 0 aliphatic carbocycles. The van der Waals surface area contributed by atoms with Gasteiger partial charge in [0.15, 0.2) is 0 Å². The van der Waals surface area contributed by atoms with Gasteiger partial charge in [-0.25, -0.2) is 0 Å². The molecule has 1 aliphatic heterocycles. The highest BCUT2D eigenvalue weighted by Gasteiger charge is 2.28. The summed E-state index contributed by atoms with van der Waals surface area (Å²) in [7, 11) is 0. The van der Waals surface area contributed by atoms with E-state index in [4.69, 9.17) is 4.74 Å². The molecule has 1 atom stereocenters. The molecule has 0 radical (unpaired) electrons. The fraction of sp³-hybridized carbons (Fsp3) is 0.200. The van der Waals surface area contributed by atoms with Crippen molar-refractivity contribution in [3.05, 3.63) is 72.6 Å². The van der Waals surface area contributed by atoms with Gasteiger partial charge >= 0.3 is 0 Å². The highest BCUT2D eigenvalue weighted by molar-refractivity contribution is 6.07. The summed E-state index contributed by atoms with van der Waals surface area (Å²) in [4.78, 5) is 18.8. The van der Waals surface area contributed by atoms with E-state index in [9.17, 15) is 4.79 Å². The molecule has 4 heteroatoms. The number of likely N-dealkylation sites (tertiary alicyclic amines) is 1. The maximum absolute atomic E-state index is 12.9. The van der Waals surface area contributed by atoms with Crippen molar-refractivity contribution in [3.63, 3.8) is 0 Å². The van der Waals surface area contributed by atoms with Crippen LogP contribution in [0.15, 0.2) is 67.0 Å². The lowest BCUT2D eigenvalue weighted by Gasteiger charge is -2.18. The monoisotopic (exact) mass is 318 g/mol. The molecular formula is C20H18N2O2. The summed E-state index contributed by atoms with van der Waals surface area (Å²) in [5.74, 6) is 0.877. The van der Waals surface area contributed by atoms with Crippen LogP contribution >= 0.6 is 0 Å². The SMILES string of the molecule is O=C(c1cccc2ccccc12)N1CCC(Oc2ccncc2)C1. The number of carbonyl (C=O) groups is 1. The zero-order chi connectivity index (χ0) is 16.4. The van der Waals surface area contributed by atoms with Gasteiger partial charge in [-0.3, -0.25) is 9.78 Å². The molecule has 1 fully saturated rings. The van der Waals surface area contributed by atoms with Gasteiger partial charge in [-0.2, -0.15) is 0 Å². The number of hydrogen-bond donors (Lipinski definition) is 0. The molecule has 1 saturated heterocycles. The van der Waals surface area contributed by atoms with E-state index in [-0.39, 0.29) is 12.0 Å². The first-order valence-electron chi connectivity index (χ1n) is 8.15. The van der Waals surface area contributed by atoms with Crippen molar-refractivity contribution in [2.75, 3.05) is 13.1 Å². The Bertz CT molecular complexity index is 858. The van der Waals surface area contributed by atoms with Crippen molar-refractivity contribution in [1.29, 1.82) is 0 Å². The van der Waals surface area contributed by atoms with Gasteiger partial charge in [0.25, 0.3) is 5.91 Å². The lowest BCUT2D eigenvalue weighted by molar-refractivity contribution is 0.0774. The third kappa shape index (κ3) is 2.83. The van der Waals surface area contributed by atoms with Crippen molar-refractivity contribution in [2.45, 2.75) is 12.5 Å². The van der Waals surface area contributed by atoms with Crippen molar-refractivity contribution < 1.29 is 9.53 Å². The van der Waals surface area contributed by atoms with Gasteiger partial charge in [-0.15, -0.1) is 0 Å². The van der Waals surface area contributed by atoms with Gasteiger partial charge in [-0.05, 0) is 29.0 Å². The van der Waals surface area contributed by atoms with Crippen molar-refractivity contribution in [2.24, 2.45) is 0 Å². The molecule has 4 rings (SSSR count). The van der Waals surface area contributed by atoms with Crippen molar-refractivity contribution in [1.82, 2.24) is 9.88 Å². The average Bonchev–Trinajstić information content (AvgIpc) is 3.10. The summed E-state index contributed by atoms with van der Waals surface area (Å²) < 4.78 is 5.95. The molecule has 0 saturated carbocycles. The zero-order valence-electron chi connectivity index (χ0n) is 13.3. The van der Waals surface area contributed by atoms with Crippen molar-refractivity contribution in [3.8, 4) is 5.75 Å². The Kier molecular flexibility index (Phi) is 3.87. The Labute approximate surface area is 140 Å². The van der Waals surface area contributed by atoms with Crippen LogP contribution in [0.5, 0.6) is 5.75 Å². The Morgan fingerprint density at radius 1 is 1.04 bits per heavy atom. The summed E-state index contributed by atoms with van der Waals surface area (Å²) in [6, 6.07) is 17.6. The second-order valence-corrected chi connectivity index (χ2v) is 5.99. The molecule has 0 spiro atoms. The van der Waals surface area contributed by atoms with Gasteiger partial charge < -0.3 is 9.64 Å². The number of hydrogen-bond acceptors (Lipinski definition) is 3. The lowest BCUT2D eigenvalue weighted by Crippen LogP contribution is -2.31. The molecule has 1 aromatic heterocycles. The van der Waals surface area contributed by atoms with E-state index in [1.165, 1.54) is 0 Å². The number of ether oxygens (including phenoxy) is 1. The van der Waals surface area contributed by atoms with Crippen LogP contribution in [0.3, 0.4) is 0 Å². The van der Waals surface area contributed by atoms with Gasteiger partial charge in [0.2, 0.25) is 0 Å². The Morgan fingerprint density at radius 3 is 2.71 bits per heavy atom. The number of rotatable bonds is 3. The molecule has 2 aromatic carbocycles. The van der Waals surface area contributed by atoms with Crippen LogP contribution in [0.25, 0.3) is 10.8 Å². The Balaban J connectivity index is 1.51. The summed E-state index contributed by atoms with van der Waals surface area (Å²) in [6.45, 7) is 1.34. The third-order valence-electron chi connectivity index (χ3n) is 4.40. The number of amides is 1. The summed E-state index contributed by atoms with van der Waals surface area (Å²) in [6.07, 6.45) is 4.30. The first-order chi connectivity index (χ1) is 11.8. The number of aromatic nitrogens is 1. The van der Waals surface area contributed by atoms with Gasteiger partial charge in [0.1, 0.15) is 11.9 Å². The molecule has 24 heavy (non-hydrogen) atoms. The quantitative estimate of drug-likeness (QED) is 0.742. The van der Waals surface area contributed by atoms with Crippen LogP contribution in [-0.2, 0) is 0 Å². The molecule has 3 aromatic rings. The van der Waals surface area contributed by atoms with E-state index < -0.39 is 0 Å². The van der Waals surface area contributed by atoms with Gasteiger partial charge in [0, 0.05) is 30.9 Å². The van der Waals surface area contributed by atoms with Crippen LogP contribution in [0.4, 0.5) is 0 Å². The van der Waals surface area contributed by atoms with Gasteiger partial charge in [-0.1, -0.05) is 36.4 Å². The summed E-state index contributed by atoms with van der Waals surface area (Å²) in [5, 5.41) is 2.09. The number of fused-ring (bicyclic) bond motifs is 1. The first kappa shape index (κ1) is 14.7. The topological polar surface area (TPSA) is 42.4 Å². The predicted octanol–water partition coefficient (Wildman–Crippen LogP) is 3.53. The fourth-order valence-corrected chi connectivity index (χ4v) is 3.20. The van der Waals surface area contributed by atoms with Crippen molar-refractivity contribution >= 4 is 16.7 Å². The molecule has 1 amide bonds. The minimum atomic E-state index is 0.0336. The maximum atomic E-state index is 12.9. The first-order valence-corrected chi connectivity index (χ1v) is 8.15. The van der Waals surface area contributed by atoms with E-state index in [0.29, 0.717) is 6.54 Å².